The second-order valence-corrected chi connectivity index (χ2v) is 11.6. The van der Waals surface area contributed by atoms with Crippen LogP contribution in [0.2, 0.25) is 0 Å². The summed E-state index contributed by atoms with van der Waals surface area (Å²) >= 11 is 3.75. The number of aromatic amines is 1. The fourth-order valence-corrected chi connectivity index (χ4v) is 7.19. The van der Waals surface area contributed by atoms with Gasteiger partial charge in [-0.1, -0.05) is 42.1 Å². The molecule has 1 N–H and O–H groups in total. The van der Waals surface area contributed by atoms with Crippen molar-refractivity contribution in [2.75, 3.05) is 39.0 Å². The van der Waals surface area contributed by atoms with Gasteiger partial charge < -0.3 is 9.88 Å². The Morgan fingerprint density at radius 1 is 0.921 bits per heavy atom. The molecule has 1 fully saturated rings. The highest BCUT2D eigenvalue weighted by molar-refractivity contribution is 7.99. The normalized spacial score (nSPS) is 17.7. The summed E-state index contributed by atoms with van der Waals surface area (Å²) in [5.41, 5.74) is 4.86. The SMILES string of the molecule is CSc1ccc2c(c1)C(N1CCN(CCCn3c(=O)[nH]c4ccccc43)CC1)Cc1ccccc1S2.Cl.Cl. The first-order valence-electron chi connectivity index (χ1n) is 12.8. The molecule has 5 nitrogen and oxygen atoms in total. The number of hydrogen-bond acceptors (Lipinski definition) is 5. The van der Waals surface area contributed by atoms with Crippen molar-refractivity contribution in [2.45, 2.75) is 40.1 Å². The summed E-state index contributed by atoms with van der Waals surface area (Å²) in [6.07, 6.45) is 4.21. The van der Waals surface area contributed by atoms with Gasteiger partial charge in [-0.25, -0.2) is 4.79 Å². The van der Waals surface area contributed by atoms with Gasteiger partial charge in [-0.05, 0) is 73.2 Å². The van der Waals surface area contributed by atoms with Gasteiger partial charge in [-0.2, -0.15) is 0 Å². The first kappa shape index (κ1) is 29.1. The van der Waals surface area contributed by atoms with Crippen molar-refractivity contribution in [3.8, 4) is 0 Å². The van der Waals surface area contributed by atoms with Crippen LogP contribution < -0.4 is 5.69 Å². The number of para-hydroxylation sites is 2. The van der Waals surface area contributed by atoms with E-state index in [1.54, 1.807) is 0 Å². The number of rotatable bonds is 6. The molecule has 0 saturated carbocycles. The Hall–Kier alpha value is -1.87. The Morgan fingerprint density at radius 3 is 2.50 bits per heavy atom. The van der Waals surface area contributed by atoms with Crippen LogP contribution in [0, 0.1) is 0 Å². The monoisotopic (exact) mass is 588 g/mol. The zero-order valence-electron chi connectivity index (χ0n) is 21.5. The number of benzene rings is 3. The highest BCUT2D eigenvalue weighted by atomic mass is 35.5. The van der Waals surface area contributed by atoms with Crippen LogP contribution in [0.3, 0.4) is 0 Å². The number of aromatic nitrogens is 2. The lowest BCUT2D eigenvalue weighted by atomic mass is 9.96. The predicted molar refractivity (Wildman–Crippen MR) is 165 cm³/mol. The molecule has 4 aromatic rings. The zero-order valence-corrected chi connectivity index (χ0v) is 24.7. The van der Waals surface area contributed by atoms with E-state index in [0.29, 0.717) is 6.04 Å². The number of halogens is 2. The van der Waals surface area contributed by atoms with Crippen LogP contribution in [0.25, 0.3) is 11.0 Å². The number of nitrogens with one attached hydrogen (secondary N) is 1. The number of fused-ring (bicyclic) bond motifs is 3. The molecule has 38 heavy (non-hydrogen) atoms. The lowest BCUT2D eigenvalue weighted by molar-refractivity contribution is 0.0929. The molecule has 0 aliphatic carbocycles. The van der Waals surface area contributed by atoms with Gasteiger partial charge in [-0.3, -0.25) is 9.47 Å². The van der Waals surface area contributed by atoms with E-state index >= 15 is 0 Å². The first-order chi connectivity index (χ1) is 17.7. The highest BCUT2D eigenvalue weighted by Gasteiger charge is 2.30. The molecule has 3 heterocycles. The van der Waals surface area contributed by atoms with E-state index in [9.17, 15) is 4.79 Å². The number of nitrogens with zero attached hydrogens (tertiary/aromatic N) is 3. The third kappa shape index (κ3) is 5.98. The van der Waals surface area contributed by atoms with Crippen LogP contribution in [0.15, 0.2) is 86.2 Å². The van der Waals surface area contributed by atoms with Crippen molar-refractivity contribution in [3.63, 3.8) is 0 Å². The standard InChI is InChI=1S/C29H32N4OS2.2ClH/c1-35-22-11-12-28-23(20-22)26(19-21-7-2-5-10-27(21)36-28)32-17-15-31(16-18-32)13-6-14-33-25-9-4-3-8-24(25)30-29(33)34;;/h2-5,7-12,20,26H,6,13-19H2,1H3,(H,30,34);2*1H. The largest absolute Gasteiger partial charge is 0.326 e. The van der Waals surface area contributed by atoms with E-state index in [0.717, 1.165) is 63.1 Å². The molecule has 9 heteroatoms. The molecule has 0 spiro atoms. The maximum atomic E-state index is 12.4. The van der Waals surface area contributed by atoms with Crippen LogP contribution in [0.5, 0.6) is 0 Å². The summed E-state index contributed by atoms with van der Waals surface area (Å²) in [5, 5.41) is 0. The Balaban J connectivity index is 0.00000168. The van der Waals surface area contributed by atoms with E-state index in [2.05, 4.69) is 63.5 Å². The molecular weight excluding hydrogens is 555 g/mol. The molecule has 0 radical (unpaired) electrons. The maximum Gasteiger partial charge on any atom is 0.326 e. The van der Waals surface area contributed by atoms with Crippen LogP contribution in [0.4, 0.5) is 0 Å². The van der Waals surface area contributed by atoms with Gasteiger partial charge in [0, 0.05) is 53.5 Å². The number of H-pyrrole nitrogens is 1. The van der Waals surface area contributed by atoms with Crippen molar-refractivity contribution < 1.29 is 0 Å². The van der Waals surface area contributed by atoms with Crippen molar-refractivity contribution in [1.82, 2.24) is 19.4 Å². The third-order valence-corrected chi connectivity index (χ3v) is 9.50. The van der Waals surface area contributed by atoms with Gasteiger partial charge in [0.25, 0.3) is 0 Å². The van der Waals surface area contributed by atoms with E-state index in [4.69, 9.17) is 0 Å². The molecule has 3 aromatic carbocycles. The van der Waals surface area contributed by atoms with Gasteiger partial charge >= 0.3 is 5.69 Å². The van der Waals surface area contributed by atoms with Gasteiger partial charge in [-0.15, -0.1) is 36.6 Å². The molecule has 202 valence electrons. The second-order valence-electron chi connectivity index (χ2n) is 9.66. The van der Waals surface area contributed by atoms with E-state index in [1.807, 2.05) is 52.4 Å². The Kier molecular flexibility index (Phi) is 9.95. The first-order valence-corrected chi connectivity index (χ1v) is 14.8. The summed E-state index contributed by atoms with van der Waals surface area (Å²) in [6, 6.07) is 24.3. The maximum absolute atomic E-state index is 12.4. The minimum Gasteiger partial charge on any atom is -0.306 e. The number of piperazine rings is 1. The van der Waals surface area contributed by atoms with Crippen LogP contribution in [-0.4, -0.2) is 58.3 Å². The number of aryl methyl sites for hydroxylation is 1. The van der Waals surface area contributed by atoms with Gasteiger partial charge in [0.15, 0.2) is 0 Å². The van der Waals surface area contributed by atoms with Crippen molar-refractivity contribution in [3.05, 3.63) is 88.3 Å². The minimum atomic E-state index is -0.00388. The Bertz CT molecular complexity index is 1430. The Morgan fingerprint density at radius 2 is 1.68 bits per heavy atom. The van der Waals surface area contributed by atoms with Gasteiger partial charge in [0.2, 0.25) is 0 Å². The van der Waals surface area contributed by atoms with Crippen molar-refractivity contribution >= 4 is 59.4 Å². The summed E-state index contributed by atoms with van der Waals surface area (Å²) in [7, 11) is 0. The smallest absolute Gasteiger partial charge is 0.306 e. The zero-order chi connectivity index (χ0) is 24.5. The molecular formula is C29H34Cl2N4OS2. The molecule has 1 saturated heterocycles. The molecule has 1 atom stereocenters. The number of imidazole rings is 1. The average molecular weight is 590 g/mol. The fraction of sp³-hybridized carbons (Fsp3) is 0.345. The third-order valence-electron chi connectivity index (χ3n) is 7.57. The number of thioether (sulfide) groups is 1. The minimum absolute atomic E-state index is 0. The molecule has 0 bridgehead atoms. The fourth-order valence-electron chi connectivity index (χ4n) is 5.62. The van der Waals surface area contributed by atoms with Gasteiger partial charge in [0.1, 0.15) is 0 Å². The van der Waals surface area contributed by atoms with Crippen molar-refractivity contribution in [1.29, 1.82) is 0 Å². The second kappa shape index (κ2) is 13.0. The van der Waals surface area contributed by atoms with Crippen LogP contribution in [0.1, 0.15) is 23.6 Å². The molecule has 6 rings (SSSR count). The summed E-state index contributed by atoms with van der Waals surface area (Å²) in [6.45, 7) is 6.08. The molecule has 1 unspecified atom stereocenters. The molecule has 1 aromatic heterocycles. The quantitative estimate of drug-likeness (QED) is 0.266. The van der Waals surface area contributed by atoms with Crippen molar-refractivity contribution in [2.24, 2.45) is 0 Å². The molecule has 2 aliphatic heterocycles. The average Bonchev–Trinajstić information content (AvgIpc) is 3.13. The van der Waals surface area contributed by atoms with Crippen LogP contribution in [-0.2, 0) is 13.0 Å². The topological polar surface area (TPSA) is 44.3 Å². The van der Waals surface area contributed by atoms with E-state index < -0.39 is 0 Å². The molecule has 0 amide bonds. The van der Waals surface area contributed by atoms with Crippen LogP contribution >= 0.6 is 48.3 Å². The lowest BCUT2D eigenvalue weighted by Crippen LogP contribution is -2.48. The summed E-state index contributed by atoms with van der Waals surface area (Å²) in [4.78, 5) is 24.8. The van der Waals surface area contributed by atoms with Gasteiger partial charge in [0.05, 0.1) is 11.0 Å². The summed E-state index contributed by atoms with van der Waals surface area (Å²) < 4.78 is 1.88. The van der Waals surface area contributed by atoms with E-state index in [1.165, 1.54) is 25.8 Å². The number of hydrogen-bond donors (Lipinski definition) is 1. The predicted octanol–water partition coefficient (Wildman–Crippen LogP) is 6.35. The Labute approximate surface area is 245 Å². The molecule has 2 aliphatic rings. The summed E-state index contributed by atoms with van der Waals surface area (Å²) in [5.74, 6) is 0. The lowest BCUT2D eigenvalue weighted by Gasteiger charge is -2.39. The van der Waals surface area contributed by atoms with E-state index in [-0.39, 0.29) is 30.5 Å². The highest BCUT2D eigenvalue weighted by Crippen LogP contribution is 2.44.